The molecule has 0 spiro atoms. The molecule has 0 saturated carbocycles. The number of rotatable bonds is 4. The molecule has 2 fully saturated rings. The Morgan fingerprint density at radius 1 is 0.864 bits per heavy atom. The van der Waals surface area contributed by atoms with Gasteiger partial charge in [0.1, 0.15) is 5.75 Å². The Hall–Kier alpha value is -1.10. The van der Waals surface area contributed by atoms with Crippen LogP contribution < -0.4 is 0 Å². The van der Waals surface area contributed by atoms with Gasteiger partial charge in [-0.1, -0.05) is 17.7 Å². The molecule has 2 saturated heterocycles. The van der Waals surface area contributed by atoms with Crippen molar-refractivity contribution in [2.24, 2.45) is 0 Å². The molecule has 0 unspecified atom stereocenters. The number of benzene rings is 1. The van der Waals surface area contributed by atoms with Crippen molar-refractivity contribution in [2.45, 2.75) is 32.9 Å². The quantitative estimate of drug-likeness (QED) is 0.922. The summed E-state index contributed by atoms with van der Waals surface area (Å²) in [7, 11) is 2.18. The van der Waals surface area contributed by atoms with Crippen LogP contribution in [0.1, 0.15) is 29.5 Å². The lowest BCUT2D eigenvalue weighted by Gasteiger charge is -2.32. The fourth-order valence-corrected chi connectivity index (χ4v) is 3.60. The number of piperazine rings is 1. The smallest absolute Gasteiger partial charge is 0.124 e. The van der Waals surface area contributed by atoms with Gasteiger partial charge < -0.3 is 10.0 Å². The molecule has 0 aliphatic carbocycles. The molecule has 0 radical (unpaired) electrons. The molecule has 2 aliphatic rings. The average Bonchev–Trinajstić information content (AvgIpc) is 2.99. The fraction of sp³-hybridized carbons (Fsp3) is 0.667. The van der Waals surface area contributed by atoms with Gasteiger partial charge in [0.25, 0.3) is 0 Å². The molecule has 4 heteroatoms. The number of likely N-dealkylation sites (tertiary alicyclic amines) is 1. The van der Waals surface area contributed by atoms with Crippen molar-refractivity contribution >= 4 is 0 Å². The SMILES string of the molecule is Cc1cc(CN2CCCC2)c(O)c(CN2CCN(C)CC2)c1. The summed E-state index contributed by atoms with van der Waals surface area (Å²) >= 11 is 0. The Bertz CT molecular complexity index is 503. The third-order valence-electron chi connectivity index (χ3n) is 4.99. The molecule has 4 nitrogen and oxygen atoms in total. The predicted octanol–water partition coefficient (Wildman–Crippen LogP) is 2.04. The first-order valence-electron chi connectivity index (χ1n) is 8.56. The van der Waals surface area contributed by atoms with Crippen molar-refractivity contribution in [2.75, 3.05) is 46.3 Å². The van der Waals surface area contributed by atoms with Crippen molar-refractivity contribution in [1.29, 1.82) is 0 Å². The normalized spacial score (nSPS) is 21.5. The van der Waals surface area contributed by atoms with E-state index in [-0.39, 0.29) is 0 Å². The number of aromatic hydroxyl groups is 1. The van der Waals surface area contributed by atoms with E-state index in [1.165, 1.54) is 31.5 Å². The average molecular weight is 303 g/mol. The third kappa shape index (κ3) is 3.80. The van der Waals surface area contributed by atoms with E-state index in [1.807, 2.05) is 0 Å². The molecule has 0 amide bonds. The number of phenols is 1. The van der Waals surface area contributed by atoms with E-state index in [4.69, 9.17) is 0 Å². The summed E-state index contributed by atoms with van der Waals surface area (Å²) in [6.45, 7) is 10.7. The number of aryl methyl sites for hydroxylation is 1. The van der Waals surface area contributed by atoms with Crippen molar-refractivity contribution in [3.05, 3.63) is 28.8 Å². The van der Waals surface area contributed by atoms with Gasteiger partial charge in [-0.3, -0.25) is 9.80 Å². The van der Waals surface area contributed by atoms with Crippen LogP contribution >= 0.6 is 0 Å². The van der Waals surface area contributed by atoms with E-state index in [0.29, 0.717) is 5.75 Å². The molecule has 22 heavy (non-hydrogen) atoms. The van der Waals surface area contributed by atoms with Gasteiger partial charge in [-0.15, -0.1) is 0 Å². The highest BCUT2D eigenvalue weighted by Crippen LogP contribution is 2.28. The highest BCUT2D eigenvalue weighted by Gasteiger charge is 2.19. The fourth-order valence-electron chi connectivity index (χ4n) is 3.60. The lowest BCUT2D eigenvalue weighted by Crippen LogP contribution is -2.43. The van der Waals surface area contributed by atoms with Crippen molar-refractivity contribution in [3.63, 3.8) is 0 Å². The molecule has 0 aromatic heterocycles. The molecule has 1 aromatic carbocycles. The Kier molecular flexibility index (Phi) is 5.01. The van der Waals surface area contributed by atoms with Crippen LogP contribution in [0.5, 0.6) is 5.75 Å². The molecule has 1 N–H and O–H groups in total. The van der Waals surface area contributed by atoms with E-state index < -0.39 is 0 Å². The zero-order valence-electron chi connectivity index (χ0n) is 14.0. The summed E-state index contributed by atoms with van der Waals surface area (Å²) in [6.07, 6.45) is 2.58. The maximum absolute atomic E-state index is 10.7. The summed E-state index contributed by atoms with van der Waals surface area (Å²) in [5.41, 5.74) is 3.46. The van der Waals surface area contributed by atoms with E-state index in [9.17, 15) is 5.11 Å². The van der Waals surface area contributed by atoms with Gasteiger partial charge in [0.15, 0.2) is 0 Å². The number of phenolic OH excluding ortho intramolecular Hbond substituents is 1. The van der Waals surface area contributed by atoms with Gasteiger partial charge >= 0.3 is 0 Å². The standard InChI is InChI=1S/C18H29N3O/c1-15-11-16(13-20-5-3-4-6-20)18(22)17(12-15)14-21-9-7-19(2)8-10-21/h11-12,22H,3-10,13-14H2,1-2H3. The van der Waals surface area contributed by atoms with Gasteiger partial charge in [0.2, 0.25) is 0 Å². The van der Waals surface area contributed by atoms with E-state index in [0.717, 1.165) is 50.4 Å². The van der Waals surface area contributed by atoms with Gasteiger partial charge in [-0.05, 0) is 39.9 Å². The van der Waals surface area contributed by atoms with Crippen LogP contribution in [0.3, 0.4) is 0 Å². The van der Waals surface area contributed by atoms with Crippen LogP contribution in [0.4, 0.5) is 0 Å². The molecule has 122 valence electrons. The van der Waals surface area contributed by atoms with Crippen molar-refractivity contribution < 1.29 is 5.11 Å². The second-order valence-electron chi connectivity index (χ2n) is 6.99. The summed E-state index contributed by atoms with van der Waals surface area (Å²) in [5.74, 6) is 0.524. The Labute approximate surface area is 134 Å². The highest BCUT2D eigenvalue weighted by atomic mass is 16.3. The summed E-state index contributed by atoms with van der Waals surface area (Å²) in [4.78, 5) is 7.27. The maximum Gasteiger partial charge on any atom is 0.124 e. The molecule has 2 heterocycles. The first kappa shape index (κ1) is 15.8. The zero-order chi connectivity index (χ0) is 15.5. The predicted molar refractivity (Wildman–Crippen MR) is 90.1 cm³/mol. The Balaban J connectivity index is 1.71. The van der Waals surface area contributed by atoms with Crippen LogP contribution in [0.15, 0.2) is 12.1 Å². The van der Waals surface area contributed by atoms with Crippen LogP contribution in [0, 0.1) is 6.92 Å². The number of hydrogen-bond donors (Lipinski definition) is 1. The summed E-state index contributed by atoms with van der Waals surface area (Å²) in [6, 6.07) is 4.31. The Morgan fingerprint density at radius 3 is 1.91 bits per heavy atom. The van der Waals surface area contributed by atoms with Gasteiger partial charge in [0, 0.05) is 50.4 Å². The minimum absolute atomic E-state index is 0.524. The molecule has 1 aromatic rings. The Morgan fingerprint density at radius 2 is 1.36 bits per heavy atom. The monoisotopic (exact) mass is 303 g/mol. The topological polar surface area (TPSA) is 30.0 Å². The van der Waals surface area contributed by atoms with Gasteiger partial charge in [-0.25, -0.2) is 0 Å². The zero-order valence-corrected chi connectivity index (χ0v) is 14.0. The molecule has 3 rings (SSSR count). The molecular formula is C18H29N3O. The summed E-state index contributed by atoms with van der Waals surface area (Å²) in [5, 5.41) is 10.7. The van der Waals surface area contributed by atoms with Crippen molar-refractivity contribution in [1.82, 2.24) is 14.7 Å². The molecular weight excluding hydrogens is 274 g/mol. The minimum atomic E-state index is 0.524. The largest absolute Gasteiger partial charge is 0.507 e. The first-order chi connectivity index (χ1) is 10.6. The van der Waals surface area contributed by atoms with Crippen LogP contribution in [0.25, 0.3) is 0 Å². The second-order valence-corrected chi connectivity index (χ2v) is 6.99. The molecule has 2 aliphatic heterocycles. The number of nitrogens with zero attached hydrogens (tertiary/aromatic N) is 3. The third-order valence-corrected chi connectivity index (χ3v) is 4.99. The summed E-state index contributed by atoms with van der Waals surface area (Å²) < 4.78 is 0. The lowest BCUT2D eigenvalue weighted by molar-refractivity contribution is 0.147. The van der Waals surface area contributed by atoms with E-state index in [2.05, 4.69) is 40.8 Å². The number of hydrogen-bond acceptors (Lipinski definition) is 4. The minimum Gasteiger partial charge on any atom is -0.507 e. The molecule has 0 atom stereocenters. The first-order valence-corrected chi connectivity index (χ1v) is 8.56. The van der Waals surface area contributed by atoms with Gasteiger partial charge in [0.05, 0.1) is 0 Å². The lowest BCUT2D eigenvalue weighted by atomic mass is 10.0. The molecule has 0 bridgehead atoms. The van der Waals surface area contributed by atoms with Crippen LogP contribution in [-0.4, -0.2) is 66.1 Å². The van der Waals surface area contributed by atoms with Crippen LogP contribution in [0.2, 0.25) is 0 Å². The second kappa shape index (κ2) is 6.99. The van der Waals surface area contributed by atoms with E-state index >= 15 is 0 Å². The number of likely N-dealkylation sites (N-methyl/N-ethyl adjacent to an activating group) is 1. The van der Waals surface area contributed by atoms with Crippen molar-refractivity contribution in [3.8, 4) is 5.75 Å². The maximum atomic E-state index is 10.7. The van der Waals surface area contributed by atoms with Gasteiger partial charge in [-0.2, -0.15) is 0 Å². The van der Waals surface area contributed by atoms with E-state index in [1.54, 1.807) is 0 Å². The van der Waals surface area contributed by atoms with Crippen LogP contribution in [-0.2, 0) is 13.1 Å². The highest BCUT2D eigenvalue weighted by molar-refractivity contribution is 5.43.